The van der Waals surface area contributed by atoms with E-state index in [2.05, 4.69) is 56.9 Å². The van der Waals surface area contributed by atoms with Crippen molar-refractivity contribution >= 4 is 36.0 Å². The molecule has 4 aliphatic rings. The molecule has 0 N–H and O–H groups in total. The summed E-state index contributed by atoms with van der Waals surface area (Å²) in [6, 6.07) is 0. The normalized spacial score (nSPS) is 19.2. The zero-order valence-corrected chi connectivity index (χ0v) is 44.0. The lowest BCUT2D eigenvalue weighted by molar-refractivity contribution is -0.166. The molecule has 0 radical (unpaired) electrons. The topological polar surface area (TPSA) is 170 Å². The van der Waals surface area contributed by atoms with Gasteiger partial charge in [-0.25, -0.2) is 4.79 Å². The highest BCUT2D eigenvalue weighted by Gasteiger charge is 2.61. The molecule has 0 aromatic rings. The van der Waals surface area contributed by atoms with Crippen LogP contribution in [-0.2, 0) is 57.1 Å². The SMILES string of the molecule is CC/C=C\CCCCOC(=O)CCCCCCC(=O)OCC(COC(=O)CCCCCCC(=O)OCCCC/C=C\CC)(COC(=O)CC1CC2CC3CC2(C1)C3)COC(=O)OCCCN(CC)CC. The molecule has 70 heavy (non-hydrogen) atoms. The van der Waals surface area contributed by atoms with Gasteiger partial charge in [0.05, 0.1) is 19.8 Å². The molecule has 0 amide bonds. The fourth-order valence-electron chi connectivity index (χ4n) is 10.4. The van der Waals surface area contributed by atoms with Gasteiger partial charge in [0.15, 0.2) is 0 Å². The molecule has 14 nitrogen and oxygen atoms in total. The van der Waals surface area contributed by atoms with Crippen LogP contribution in [0.25, 0.3) is 0 Å². The fourth-order valence-corrected chi connectivity index (χ4v) is 10.4. The lowest BCUT2D eigenvalue weighted by atomic mass is 9.67. The molecular formula is C56H93NO13. The molecule has 4 saturated carbocycles. The van der Waals surface area contributed by atoms with Gasteiger partial charge in [-0.1, -0.05) is 77.7 Å². The second-order valence-electron chi connectivity index (χ2n) is 20.3. The van der Waals surface area contributed by atoms with Gasteiger partial charge in [-0.05, 0) is 152 Å². The van der Waals surface area contributed by atoms with Gasteiger partial charge in [0.2, 0.25) is 0 Å². The van der Waals surface area contributed by atoms with E-state index >= 15 is 0 Å². The first-order valence-electron chi connectivity index (χ1n) is 27.5. The van der Waals surface area contributed by atoms with Crippen molar-refractivity contribution in [1.29, 1.82) is 0 Å². The van der Waals surface area contributed by atoms with Crippen LogP contribution < -0.4 is 0 Å². The Kier molecular flexibility index (Phi) is 31.1. The fraction of sp³-hybridized carbons (Fsp3) is 0.821. The van der Waals surface area contributed by atoms with Crippen LogP contribution in [0.2, 0.25) is 0 Å². The molecule has 2 atom stereocenters. The highest BCUT2D eigenvalue weighted by molar-refractivity contribution is 5.71. The quantitative estimate of drug-likeness (QED) is 0.0245. The summed E-state index contributed by atoms with van der Waals surface area (Å²) in [7, 11) is 0. The van der Waals surface area contributed by atoms with Crippen LogP contribution >= 0.6 is 0 Å². The van der Waals surface area contributed by atoms with Gasteiger partial charge in [-0.2, -0.15) is 0 Å². The summed E-state index contributed by atoms with van der Waals surface area (Å²) in [5.74, 6) is -0.00859. The number of carbonyl (C=O) groups is 6. The smallest absolute Gasteiger partial charge is 0.466 e. The summed E-state index contributed by atoms with van der Waals surface area (Å²) >= 11 is 0. The van der Waals surface area contributed by atoms with E-state index in [1.807, 2.05) is 0 Å². The van der Waals surface area contributed by atoms with E-state index in [0.717, 1.165) is 103 Å². The van der Waals surface area contributed by atoms with Crippen molar-refractivity contribution in [3.8, 4) is 0 Å². The van der Waals surface area contributed by atoms with Gasteiger partial charge in [-0.15, -0.1) is 0 Å². The minimum absolute atomic E-state index is 0.113. The summed E-state index contributed by atoms with van der Waals surface area (Å²) in [6.45, 7) is 10.5. The number of ether oxygens (including phenoxy) is 7. The molecule has 2 unspecified atom stereocenters. The van der Waals surface area contributed by atoms with Crippen molar-refractivity contribution in [1.82, 2.24) is 4.90 Å². The van der Waals surface area contributed by atoms with E-state index in [9.17, 15) is 28.8 Å². The largest absolute Gasteiger partial charge is 0.508 e. The first-order valence-corrected chi connectivity index (χ1v) is 27.5. The molecular weight excluding hydrogens is 895 g/mol. The second kappa shape index (κ2) is 36.0. The Hall–Kier alpha value is -3.94. The molecule has 400 valence electrons. The van der Waals surface area contributed by atoms with Crippen LogP contribution in [-0.4, -0.2) is 107 Å². The van der Waals surface area contributed by atoms with E-state index in [4.69, 9.17) is 33.2 Å². The molecule has 0 aromatic heterocycles. The van der Waals surface area contributed by atoms with Crippen LogP contribution in [0.1, 0.15) is 201 Å². The Morgan fingerprint density at radius 3 is 1.41 bits per heavy atom. The summed E-state index contributed by atoms with van der Waals surface area (Å²) < 4.78 is 39.3. The predicted molar refractivity (Wildman–Crippen MR) is 270 cm³/mol. The van der Waals surface area contributed by atoms with E-state index < -0.39 is 23.5 Å². The Balaban J connectivity index is 1.54. The third-order valence-corrected chi connectivity index (χ3v) is 14.4. The Labute approximate surface area is 421 Å². The highest BCUT2D eigenvalue weighted by Crippen LogP contribution is 2.70. The predicted octanol–water partition coefficient (Wildman–Crippen LogP) is 11.7. The number of esters is 5. The van der Waals surface area contributed by atoms with Crippen molar-refractivity contribution in [2.24, 2.45) is 28.6 Å². The van der Waals surface area contributed by atoms with Crippen LogP contribution in [0.15, 0.2) is 24.3 Å². The lowest BCUT2D eigenvalue weighted by Crippen LogP contribution is -2.44. The van der Waals surface area contributed by atoms with E-state index in [0.29, 0.717) is 82.3 Å². The van der Waals surface area contributed by atoms with Gasteiger partial charge < -0.3 is 38.1 Å². The molecule has 0 saturated heterocycles. The highest BCUT2D eigenvalue weighted by atomic mass is 16.7. The zero-order valence-electron chi connectivity index (χ0n) is 44.0. The molecule has 14 heteroatoms. The minimum atomic E-state index is -1.40. The van der Waals surface area contributed by atoms with Gasteiger partial charge >= 0.3 is 36.0 Å². The summed E-state index contributed by atoms with van der Waals surface area (Å²) in [6.07, 6.45) is 28.2. The maximum absolute atomic E-state index is 13.5. The molecule has 0 aliphatic heterocycles. The molecule has 0 heterocycles. The van der Waals surface area contributed by atoms with Crippen LogP contribution in [0.3, 0.4) is 0 Å². The number of unbranched alkanes of at least 4 members (excludes halogenated alkanes) is 10. The maximum Gasteiger partial charge on any atom is 0.508 e. The molecule has 1 spiro atoms. The third-order valence-electron chi connectivity index (χ3n) is 14.4. The van der Waals surface area contributed by atoms with Crippen molar-refractivity contribution in [3.63, 3.8) is 0 Å². The molecule has 4 aliphatic carbocycles. The van der Waals surface area contributed by atoms with Crippen LogP contribution in [0, 0.1) is 28.6 Å². The Bertz CT molecular complexity index is 1500. The molecule has 0 aromatic carbocycles. The number of rotatable bonds is 42. The number of hydrogen-bond acceptors (Lipinski definition) is 14. The van der Waals surface area contributed by atoms with Crippen LogP contribution in [0.5, 0.6) is 0 Å². The van der Waals surface area contributed by atoms with Gasteiger partial charge in [0.1, 0.15) is 31.8 Å². The lowest BCUT2D eigenvalue weighted by Gasteiger charge is -2.38. The standard InChI is InChI=1S/C56H93NO13/c1-5-9-11-13-19-25-33-64-49(58)28-21-15-17-23-30-51(60)67-42-55(45-70-54(63)66-35-27-32-57(7-3)8-4,44-69-53(62)38-46-36-48-37-47-40-56(48,39-46)41-47)43-68-52(61)31-24-18-16-22-29-50(59)65-34-26-20-14-12-10-6-2/h9-12,46-48H,5-8,13-45H2,1-4H3/b11-9-,12-10-. The average Bonchev–Trinajstić information content (AvgIpc) is 3.98. The van der Waals surface area contributed by atoms with Crippen molar-refractivity contribution in [3.05, 3.63) is 24.3 Å². The number of nitrogens with zero attached hydrogens (tertiary/aromatic N) is 1. The second-order valence-corrected chi connectivity index (χ2v) is 20.3. The van der Waals surface area contributed by atoms with Crippen LogP contribution in [0.4, 0.5) is 4.79 Å². The van der Waals surface area contributed by atoms with Gasteiger partial charge in [-0.3, -0.25) is 24.0 Å². The third kappa shape index (κ3) is 25.4. The monoisotopic (exact) mass is 988 g/mol. The average molecular weight is 988 g/mol. The number of carbonyl (C=O) groups excluding carboxylic acids is 6. The zero-order chi connectivity index (χ0) is 50.7. The van der Waals surface area contributed by atoms with Crippen molar-refractivity contribution in [2.45, 2.75) is 201 Å². The number of allylic oxidation sites excluding steroid dienone is 4. The summed E-state index contributed by atoms with van der Waals surface area (Å²) in [4.78, 5) is 79.5. The van der Waals surface area contributed by atoms with E-state index in [1.54, 1.807) is 0 Å². The molecule has 4 fully saturated rings. The molecule has 2 bridgehead atoms. The van der Waals surface area contributed by atoms with Gasteiger partial charge in [0, 0.05) is 38.6 Å². The summed E-state index contributed by atoms with van der Waals surface area (Å²) in [5.41, 5.74) is -0.998. The maximum atomic E-state index is 13.5. The Morgan fingerprint density at radius 1 is 0.486 bits per heavy atom. The first kappa shape index (κ1) is 60.4. The summed E-state index contributed by atoms with van der Waals surface area (Å²) in [5, 5.41) is 0. The van der Waals surface area contributed by atoms with E-state index in [1.165, 1.54) is 19.3 Å². The van der Waals surface area contributed by atoms with E-state index in [-0.39, 0.29) is 76.1 Å². The Morgan fingerprint density at radius 2 is 0.943 bits per heavy atom. The first-order chi connectivity index (χ1) is 33.9. The van der Waals surface area contributed by atoms with Gasteiger partial charge in [0.25, 0.3) is 0 Å². The molecule has 4 rings (SSSR count). The number of hydrogen-bond donors (Lipinski definition) is 0. The van der Waals surface area contributed by atoms with Crippen molar-refractivity contribution in [2.75, 3.05) is 65.9 Å². The van der Waals surface area contributed by atoms with Crippen molar-refractivity contribution < 1.29 is 61.9 Å². The minimum Gasteiger partial charge on any atom is -0.466 e.